The lowest BCUT2D eigenvalue weighted by atomic mass is 10.1. The number of aliphatic imine (C=N–C) groups is 1. The van der Waals surface area contributed by atoms with Crippen molar-refractivity contribution < 1.29 is 0 Å². The van der Waals surface area contributed by atoms with Crippen LogP contribution in [0.1, 0.15) is 11.1 Å². The monoisotopic (exact) mass is 303 g/mol. The molecule has 0 aliphatic rings. The fraction of sp³-hybridized carbons (Fsp3) is 0.150. The van der Waals surface area contributed by atoms with E-state index in [1.54, 1.807) is 0 Å². The molecule has 3 aromatic carbocycles. The van der Waals surface area contributed by atoms with E-state index in [-0.39, 0.29) is 0 Å². The van der Waals surface area contributed by atoms with Crippen molar-refractivity contribution in [3.63, 3.8) is 0 Å². The Hall–Kier alpha value is -2.81. The van der Waals surface area contributed by atoms with E-state index in [1.807, 2.05) is 24.3 Å². The highest BCUT2D eigenvalue weighted by Crippen LogP contribution is 2.16. The van der Waals surface area contributed by atoms with Crippen LogP contribution in [0.4, 0.5) is 5.69 Å². The van der Waals surface area contributed by atoms with Gasteiger partial charge in [-0.25, -0.2) is 0 Å². The molecule has 0 aliphatic carbocycles. The Bertz CT molecular complexity index is 820. The Morgan fingerprint density at radius 3 is 2.48 bits per heavy atom. The van der Waals surface area contributed by atoms with Gasteiger partial charge in [0.05, 0.1) is 0 Å². The summed E-state index contributed by atoms with van der Waals surface area (Å²) in [5.41, 5.74) is 9.40. The van der Waals surface area contributed by atoms with Crippen LogP contribution >= 0.6 is 0 Å². The lowest BCUT2D eigenvalue weighted by molar-refractivity contribution is 0.966. The van der Waals surface area contributed by atoms with Crippen LogP contribution in [-0.2, 0) is 6.42 Å². The summed E-state index contributed by atoms with van der Waals surface area (Å²) >= 11 is 0. The Labute approximate surface area is 136 Å². The van der Waals surface area contributed by atoms with E-state index in [2.05, 4.69) is 59.7 Å². The highest BCUT2D eigenvalue weighted by Gasteiger charge is 1.98. The van der Waals surface area contributed by atoms with Crippen LogP contribution in [0.5, 0.6) is 0 Å². The molecule has 3 N–H and O–H groups in total. The molecule has 0 aliphatic heterocycles. The topological polar surface area (TPSA) is 50.4 Å². The molecule has 0 radical (unpaired) electrons. The second kappa shape index (κ2) is 6.97. The zero-order valence-electron chi connectivity index (χ0n) is 13.3. The zero-order valence-corrected chi connectivity index (χ0v) is 13.3. The second-order valence-electron chi connectivity index (χ2n) is 5.69. The van der Waals surface area contributed by atoms with Gasteiger partial charge in [0.15, 0.2) is 5.96 Å². The first kappa shape index (κ1) is 15.1. The first-order valence-electron chi connectivity index (χ1n) is 7.82. The summed E-state index contributed by atoms with van der Waals surface area (Å²) in [7, 11) is 0. The maximum absolute atomic E-state index is 5.94. The van der Waals surface area contributed by atoms with Gasteiger partial charge in [0.2, 0.25) is 0 Å². The van der Waals surface area contributed by atoms with Crippen molar-refractivity contribution in [1.29, 1.82) is 0 Å². The third-order valence-corrected chi connectivity index (χ3v) is 3.82. The van der Waals surface area contributed by atoms with Crippen molar-refractivity contribution >= 4 is 22.4 Å². The molecule has 0 heterocycles. The van der Waals surface area contributed by atoms with Gasteiger partial charge >= 0.3 is 0 Å². The zero-order chi connectivity index (χ0) is 16.1. The predicted molar refractivity (Wildman–Crippen MR) is 98.9 cm³/mol. The fourth-order valence-electron chi connectivity index (χ4n) is 2.52. The highest BCUT2D eigenvalue weighted by molar-refractivity contribution is 5.92. The smallest absolute Gasteiger partial charge is 0.193 e. The molecule has 0 atom stereocenters. The van der Waals surface area contributed by atoms with Crippen LogP contribution in [-0.4, -0.2) is 12.5 Å². The number of nitrogens with zero attached hydrogens (tertiary/aromatic N) is 1. The number of rotatable bonds is 4. The molecule has 0 spiro atoms. The summed E-state index contributed by atoms with van der Waals surface area (Å²) in [6.07, 6.45) is 0.876. The number of nitrogens with one attached hydrogen (secondary N) is 1. The third-order valence-electron chi connectivity index (χ3n) is 3.82. The molecule has 3 rings (SSSR count). The molecule has 0 aromatic heterocycles. The second-order valence-corrected chi connectivity index (χ2v) is 5.69. The quantitative estimate of drug-likeness (QED) is 0.563. The highest BCUT2D eigenvalue weighted by atomic mass is 15.1. The molecular weight excluding hydrogens is 282 g/mol. The van der Waals surface area contributed by atoms with E-state index in [0.717, 1.165) is 12.1 Å². The number of benzene rings is 3. The Morgan fingerprint density at radius 1 is 0.957 bits per heavy atom. The standard InChI is InChI=1S/C20H21N3/c1-15-6-10-19(11-7-15)23-20(21)22-13-12-16-8-9-17-4-2-3-5-18(17)14-16/h2-11,14H,12-13H2,1H3,(H3,21,22,23). The van der Waals surface area contributed by atoms with Crippen LogP contribution in [0, 0.1) is 6.92 Å². The van der Waals surface area contributed by atoms with Crippen LogP contribution in [0.15, 0.2) is 71.7 Å². The predicted octanol–water partition coefficient (Wildman–Crippen LogP) is 4.12. The van der Waals surface area contributed by atoms with E-state index in [9.17, 15) is 0 Å². The molecule has 0 amide bonds. The van der Waals surface area contributed by atoms with Gasteiger partial charge in [-0.05, 0) is 41.8 Å². The lowest BCUT2D eigenvalue weighted by Crippen LogP contribution is -2.23. The lowest BCUT2D eigenvalue weighted by Gasteiger charge is -2.06. The summed E-state index contributed by atoms with van der Waals surface area (Å²) in [4.78, 5) is 4.40. The van der Waals surface area contributed by atoms with Crippen LogP contribution < -0.4 is 11.1 Å². The summed E-state index contributed by atoms with van der Waals surface area (Å²) in [5.74, 6) is 0.453. The maximum Gasteiger partial charge on any atom is 0.193 e. The van der Waals surface area contributed by atoms with Gasteiger partial charge in [0, 0.05) is 12.2 Å². The molecular formula is C20H21N3. The Kier molecular flexibility index (Phi) is 4.57. The molecule has 3 heteroatoms. The van der Waals surface area contributed by atoms with E-state index < -0.39 is 0 Å². The summed E-state index contributed by atoms with van der Waals surface area (Å²) in [6.45, 7) is 2.73. The Morgan fingerprint density at radius 2 is 1.70 bits per heavy atom. The fourth-order valence-corrected chi connectivity index (χ4v) is 2.52. The van der Waals surface area contributed by atoms with Crippen LogP contribution in [0.3, 0.4) is 0 Å². The molecule has 0 unspecified atom stereocenters. The van der Waals surface area contributed by atoms with Crippen molar-refractivity contribution in [2.75, 3.05) is 11.9 Å². The Balaban J connectivity index is 1.59. The maximum atomic E-state index is 5.94. The molecule has 23 heavy (non-hydrogen) atoms. The number of hydrogen-bond acceptors (Lipinski definition) is 1. The number of aryl methyl sites for hydroxylation is 1. The van der Waals surface area contributed by atoms with Crippen molar-refractivity contribution in [3.05, 3.63) is 77.9 Å². The van der Waals surface area contributed by atoms with Crippen molar-refractivity contribution in [2.24, 2.45) is 10.7 Å². The van der Waals surface area contributed by atoms with Crippen LogP contribution in [0.25, 0.3) is 10.8 Å². The number of nitrogens with two attached hydrogens (primary N) is 1. The minimum atomic E-state index is 0.453. The molecule has 0 bridgehead atoms. The number of fused-ring (bicyclic) bond motifs is 1. The van der Waals surface area contributed by atoms with Gasteiger partial charge in [-0.2, -0.15) is 0 Å². The number of hydrogen-bond donors (Lipinski definition) is 2. The minimum absolute atomic E-state index is 0.453. The van der Waals surface area contributed by atoms with E-state index >= 15 is 0 Å². The summed E-state index contributed by atoms with van der Waals surface area (Å²) in [6, 6.07) is 23.0. The van der Waals surface area contributed by atoms with Crippen molar-refractivity contribution in [2.45, 2.75) is 13.3 Å². The van der Waals surface area contributed by atoms with Crippen molar-refractivity contribution in [3.8, 4) is 0 Å². The number of anilines is 1. The minimum Gasteiger partial charge on any atom is -0.370 e. The SMILES string of the molecule is Cc1ccc(NC(N)=NCCc2ccc3ccccc3c2)cc1. The normalized spacial score (nSPS) is 11.6. The molecule has 3 aromatic rings. The van der Waals surface area contributed by atoms with E-state index in [4.69, 9.17) is 5.73 Å². The van der Waals surface area contributed by atoms with Crippen molar-refractivity contribution in [1.82, 2.24) is 0 Å². The molecule has 3 nitrogen and oxygen atoms in total. The van der Waals surface area contributed by atoms with Gasteiger partial charge in [0.1, 0.15) is 0 Å². The first-order chi connectivity index (χ1) is 11.2. The molecule has 0 saturated carbocycles. The van der Waals surface area contributed by atoms with Gasteiger partial charge in [-0.1, -0.05) is 60.2 Å². The van der Waals surface area contributed by atoms with E-state index in [1.165, 1.54) is 21.9 Å². The van der Waals surface area contributed by atoms with Gasteiger partial charge in [-0.15, -0.1) is 0 Å². The van der Waals surface area contributed by atoms with Crippen LogP contribution in [0.2, 0.25) is 0 Å². The largest absolute Gasteiger partial charge is 0.370 e. The molecule has 0 saturated heterocycles. The summed E-state index contributed by atoms with van der Waals surface area (Å²) < 4.78 is 0. The molecule has 116 valence electrons. The average molecular weight is 303 g/mol. The third kappa shape index (κ3) is 4.10. The average Bonchev–Trinajstić information content (AvgIpc) is 2.57. The van der Waals surface area contributed by atoms with E-state index in [0.29, 0.717) is 12.5 Å². The first-order valence-corrected chi connectivity index (χ1v) is 7.82. The van der Waals surface area contributed by atoms with Gasteiger partial charge < -0.3 is 11.1 Å². The summed E-state index contributed by atoms with van der Waals surface area (Å²) in [5, 5.41) is 5.64. The van der Waals surface area contributed by atoms with Gasteiger partial charge in [0.25, 0.3) is 0 Å². The molecule has 0 fully saturated rings. The van der Waals surface area contributed by atoms with Gasteiger partial charge in [-0.3, -0.25) is 4.99 Å². The number of guanidine groups is 1.